The number of hydrogen-bond acceptors (Lipinski definition) is 12. The highest BCUT2D eigenvalue weighted by Gasteiger charge is 2.62. The molecule has 0 bridgehead atoms. The molecule has 1 amide bonds. The minimum atomic E-state index is -1.34. The highest BCUT2D eigenvalue weighted by Crippen LogP contribution is 2.44. The lowest BCUT2D eigenvalue weighted by atomic mass is 9.73. The van der Waals surface area contributed by atoms with Crippen molar-refractivity contribution in [3.05, 3.63) is 0 Å². The number of carbonyl (C=O) groups is 4. The Kier molecular flexibility index (Phi) is 11.7. The lowest BCUT2D eigenvalue weighted by Gasteiger charge is -2.48. The standard InChI is InChI=1S/C35H59N3O10/c1-13-25-35(8)29(38(33(43)48-35)23-16-37(11)17-23)20(4)26(39)18(2)15-34(7,44-12)30(21(5)27(40)22(6)31(42)46-25)47-32-28(41)24(36(9)10)14-19(3)45-32/h18-25,28-30,32,41H,13-17H2,1-12H3/t18-,19-,20+,21+,22-,24+,25-,28-,29-,30-,32+,34-,35-/m1/s1. The van der Waals surface area contributed by atoms with Crippen LogP contribution in [-0.2, 0) is 38.1 Å². The summed E-state index contributed by atoms with van der Waals surface area (Å²) in [5.41, 5.74) is -2.57. The third-order valence-corrected chi connectivity index (χ3v) is 11.5. The van der Waals surface area contributed by atoms with Crippen LogP contribution in [0.2, 0.25) is 0 Å². The number of ketones is 2. The molecule has 0 saturated carbocycles. The van der Waals surface area contributed by atoms with Gasteiger partial charge in [-0.25, -0.2) is 4.79 Å². The number of hydrogen-bond donors (Lipinski definition) is 1. The summed E-state index contributed by atoms with van der Waals surface area (Å²) in [6.45, 7) is 15.3. The first-order chi connectivity index (χ1) is 22.3. The molecule has 0 unspecified atom stereocenters. The van der Waals surface area contributed by atoms with E-state index in [1.165, 1.54) is 14.0 Å². The van der Waals surface area contributed by atoms with E-state index in [0.717, 1.165) is 0 Å². The Labute approximate surface area is 285 Å². The Morgan fingerprint density at radius 2 is 1.62 bits per heavy atom. The van der Waals surface area contributed by atoms with Crippen LogP contribution in [0.15, 0.2) is 0 Å². The van der Waals surface area contributed by atoms with E-state index in [1.807, 2.05) is 46.8 Å². The third-order valence-electron chi connectivity index (χ3n) is 11.5. The fourth-order valence-electron chi connectivity index (χ4n) is 8.63. The molecule has 274 valence electrons. The number of cyclic esters (lactones) is 1. The maximum Gasteiger partial charge on any atom is 0.411 e. The SMILES string of the molecule is CC[C@H]1OC(=O)[C@H](C)C(=O)[C@H](C)[C@@H](O[C@@H]2O[C@H](C)C[C@H](N(C)C)[C@H]2O)[C@](C)(OC)C[C@@H](C)C(=O)[C@H](C)[C@H]2N(C3CN(C)C3)C(=O)O[C@]12C. The third kappa shape index (κ3) is 7.05. The zero-order chi connectivity index (χ0) is 36.0. The normalized spacial score (nSPS) is 44.2. The molecule has 0 aromatic carbocycles. The summed E-state index contributed by atoms with van der Waals surface area (Å²) in [5.74, 6) is -4.73. The van der Waals surface area contributed by atoms with Gasteiger partial charge in [-0.1, -0.05) is 27.7 Å². The van der Waals surface area contributed by atoms with E-state index < -0.39 is 83.4 Å². The highest BCUT2D eigenvalue weighted by atomic mass is 16.7. The van der Waals surface area contributed by atoms with Gasteiger partial charge >= 0.3 is 12.1 Å². The molecule has 4 heterocycles. The molecule has 0 aliphatic carbocycles. The summed E-state index contributed by atoms with van der Waals surface area (Å²) in [6.07, 6.45) is -3.80. The predicted octanol–water partition coefficient (Wildman–Crippen LogP) is 2.50. The van der Waals surface area contributed by atoms with Crippen LogP contribution in [0.1, 0.15) is 74.7 Å². The molecule has 13 heteroatoms. The van der Waals surface area contributed by atoms with Crippen LogP contribution in [-0.4, -0.2) is 145 Å². The lowest BCUT2D eigenvalue weighted by molar-refractivity contribution is -0.295. The molecule has 4 rings (SSSR count). The summed E-state index contributed by atoms with van der Waals surface area (Å²) < 4.78 is 31.0. The number of esters is 1. The molecule has 13 nitrogen and oxygen atoms in total. The number of aliphatic hydroxyl groups is 1. The summed E-state index contributed by atoms with van der Waals surface area (Å²) >= 11 is 0. The largest absolute Gasteiger partial charge is 0.458 e. The van der Waals surface area contributed by atoms with Crippen LogP contribution in [0.5, 0.6) is 0 Å². The molecule has 0 aromatic rings. The van der Waals surface area contributed by atoms with Gasteiger partial charge in [0.05, 0.1) is 29.9 Å². The van der Waals surface area contributed by atoms with Gasteiger partial charge in [0.25, 0.3) is 0 Å². The maximum atomic E-state index is 14.5. The Balaban J connectivity index is 1.78. The van der Waals surface area contributed by atoms with Gasteiger partial charge in [0, 0.05) is 44.0 Å². The summed E-state index contributed by atoms with van der Waals surface area (Å²) in [6, 6.07) is -1.15. The van der Waals surface area contributed by atoms with Crippen LogP contribution < -0.4 is 0 Å². The number of ether oxygens (including phenoxy) is 5. The van der Waals surface area contributed by atoms with Crippen molar-refractivity contribution in [2.75, 3.05) is 41.3 Å². The monoisotopic (exact) mass is 681 g/mol. The van der Waals surface area contributed by atoms with Gasteiger partial charge in [-0.3, -0.25) is 19.3 Å². The second-order valence-corrected chi connectivity index (χ2v) is 15.5. The number of rotatable bonds is 6. The highest BCUT2D eigenvalue weighted by molar-refractivity contribution is 6.00. The maximum absolute atomic E-state index is 14.5. The number of methoxy groups -OCH3 is 1. The summed E-state index contributed by atoms with van der Waals surface area (Å²) in [4.78, 5) is 61.6. The van der Waals surface area contributed by atoms with Crippen LogP contribution in [0, 0.1) is 23.7 Å². The fourth-order valence-corrected chi connectivity index (χ4v) is 8.63. The number of aliphatic hydroxyl groups excluding tert-OH is 1. The van der Waals surface area contributed by atoms with E-state index in [1.54, 1.807) is 32.6 Å². The second kappa shape index (κ2) is 14.6. The number of amides is 1. The number of fused-ring (bicyclic) bond motifs is 1. The molecular formula is C35H59N3O10. The van der Waals surface area contributed by atoms with E-state index in [9.17, 15) is 24.3 Å². The van der Waals surface area contributed by atoms with E-state index >= 15 is 0 Å². The molecule has 1 N–H and O–H groups in total. The van der Waals surface area contributed by atoms with Gasteiger partial charge in [0.15, 0.2) is 17.7 Å². The molecule has 4 saturated heterocycles. The van der Waals surface area contributed by atoms with Crippen LogP contribution in [0.4, 0.5) is 4.79 Å². The minimum absolute atomic E-state index is 0.120. The van der Waals surface area contributed by atoms with Crippen molar-refractivity contribution in [1.29, 1.82) is 0 Å². The smallest absolute Gasteiger partial charge is 0.411 e. The van der Waals surface area contributed by atoms with E-state index in [4.69, 9.17) is 23.7 Å². The molecule has 13 atom stereocenters. The van der Waals surface area contributed by atoms with Crippen molar-refractivity contribution >= 4 is 23.6 Å². The topological polar surface area (TPSA) is 144 Å². The molecule has 0 radical (unpaired) electrons. The Morgan fingerprint density at radius 1 is 1.00 bits per heavy atom. The number of nitrogens with zero attached hydrogens (tertiary/aromatic N) is 3. The van der Waals surface area contributed by atoms with Crippen molar-refractivity contribution in [1.82, 2.24) is 14.7 Å². The Morgan fingerprint density at radius 3 is 2.17 bits per heavy atom. The molecule has 0 aromatic heterocycles. The number of Topliss-reactive ketones (excluding diaryl/α,β-unsaturated/α-hetero) is 2. The van der Waals surface area contributed by atoms with Crippen molar-refractivity contribution in [3.63, 3.8) is 0 Å². The quantitative estimate of drug-likeness (QED) is 0.325. The van der Waals surface area contributed by atoms with Crippen LogP contribution >= 0.6 is 0 Å². The summed E-state index contributed by atoms with van der Waals surface area (Å²) in [7, 11) is 7.21. The van der Waals surface area contributed by atoms with Crippen molar-refractivity contribution < 1.29 is 48.0 Å². The predicted molar refractivity (Wildman–Crippen MR) is 176 cm³/mol. The molecular weight excluding hydrogens is 622 g/mol. The van der Waals surface area contributed by atoms with Gasteiger partial charge in [-0.05, 0) is 68.1 Å². The first kappa shape index (κ1) is 38.6. The molecule has 0 spiro atoms. The first-order valence-corrected chi connectivity index (χ1v) is 17.5. The van der Waals surface area contributed by atoms with Gasteiger partial charge in [0.2, 0.25) is 0 Å². The molecule has 4 aliphatic heterocycles. The average Bonchev–Trinajstić information content (AvgIpc) is 3.28. The molecule has 4 fully saturated rings. The van der Waals surface area contributed by atoms with Gasteiger partial charge in [-0.2, -0.15) is 0 Å². The molecule has 4 aliphatic rings. The lowest BCUT2D eigenvalue weighted by Crippen LogP contribution is -2.65. The zero-order valence-electron chi connectivity index (χ0n) is 30.9. The van der Waals surface area contributed by atoms with E-state index in [2.05, 4.69) is 4.90 Å². The first-order valence-electron chi connectivity index (χ1n) is 17.5. The minimum Gasteiger partial charge on any atom is -0.458 e. The van der Waals surface area contributed by atoms with E-state index in [-0.39, 0.29) is 30.4 Å². The number of likely N-dealkylation sites (N-methyl/N-ethyl adjacent to an activating group) is 2. The number of carbonyl (C=O) groups excluding carboxylic acids is 4. The molecule has 48 heavy (non-hydrogen) atoms. The summed E-state index contributed by atoms with van der Waals surface area (Å²) in [5, 5.41) is 11.3. The van der Waals surface area contributed by atoms with Crippen LogP contribution in [0.3, 0.4) is 0 Å². The van der Waals surface area contributed by atoms with Gasteiger partial charge in [0.1, 0.15) is 23.9 Å². The second-order valence-electron chi connectivity index (χ2n) is 15.5. The van der Waals surface area contributed by atoms with E-state index in [0.29, 0.717) is 25.9 Å². The van der Waals surface area contributed by atoms with Gasteiger partial charge in [-0.15, -0.1) is 0 Å². The number of likely N-dealkylation sites (tertiary alicyclic amines) is 1. The van der Waals surface area contributed by atoms with Gasteiger partial charge < -0.3 is 38.6 Å². The fraction of sp³-hybridized carbons (Fsp3) is 0.886. The van der Waals surface area contributed by atoms with Crippen LogP contribution in [0.25, 0.3) is 0 Å². The van der Waals surface area contributed by atoms with Crippen molar-refractivity contribution in [2.24, 2.45) is 23.7 Å². The van der Waals surface area contributed by atoms with Crippen molar-refractivity contribution in [3.8, 4) is 0 Å². The van der Waals surface area contributed by atoms with Crippen molar-refractivity contribution in [2.45, 2.75) is 135 Å². The average molecular weight is 682 g/mol. The zero-order valence-corrected chi connectivity index (χ0v) is 30.9. The Hall–Kier alpha value is -2.16. The Bertz CT molecular complexity index is 1210.